The van der Waals surface area contributed by atoms with Crippen LogP contribution in [-0.2, 0) is 10.8 Å². The fourth-order valence-electron chi connectivity index (χ4n) is 11.6. The van der Waals surface area contributed by atoms with Crippen LogP contribution in [0.4, 0.5) is 0 Å². The summed E-state index contributed by atoms with van der Waals surface area (Å²) in [5.41, 5.74) is 20.2. The molecule has 10 aromatic carbocycles. The molecule has 2 aliphatic carbocycles. The van der Waals surface area contributed by atoms with Crippen molar-refractivity contribution < 1.29 is 0 Å². The quantitative estimate of drug-likeness (QED) is 0.162. The Morgan fingerprint density at radius 3 is 1.54 bits per heavy atom. The van der Waals surface area contributed by atoms with Crippen molar-refractivity contribution in [1.29, 1.82) is 0 Å². The first-order chi connectivity index (χ1) is 30.8. The van der Waals surface area contributed by atoms with Crippen molar-refractivity contribution in [3.63, 3.8) is 0 Å². The van der Waals surface area contributed by atoms with Gasteiger partial charge in [0.15, 0.2) is 0 Å². The summed E-state index contributed by atoms with van der Waals surface area (Å²) < 4.78 is 2.28. The first-order valence-electron chi connectivity index (χ1n) is 22.2. The molecule has 63 heavy (non-hydrogen) atoms. The van der Waals surface area contributed by atoms with E-state index < -0.39 is 0 Å². The maximum absolute atomic E-state index is 5.17. The first kappa shape index (κ1) is 36.1. The lowest BCUT2D eigenvalue weighted by Gasteiger charge is -2.25. The lowest BCUT2D eigenvalue weighted by Crippen LogP contribution is -2.17. The summed E-state index contributed by atoms with van der Waals surface area (Å²) >= 11 is 0. The summed E-state index contributed by atoms with van der Waals surface area (Å²) in [5, 5.41) is 7.63. The standard InChI is InChI=1S/C61H44N2/c1-60(2)50-27-15-14-21-41(50)47-34-52-49(36-51(47)60)58-42-22-9-8-20-40(42)48(35-53(58)61(52,3)4)57-45-25-12-10-23-43(45)56(44-24-11-13-26-46(44)57)37-30-32-38(33-31-37)59-62-54-28-16-17-29-55(54)63(59)39-18-6-5-7-19-39/h5-36H,1-4H3. The lowest BCUT2D eigenvalue weighted by molar-refractivity contribution is 0.652. The highest BCUT2D eigenvalue weighted by Gasteiger charge is 2.42. The SMILES string of the molecule is CC1(C)c2ccccc2-c2cc3c(cc21)-c1c(cc(-c2c4ccccc4c(-c4ccc(-c5nc6ccccc6n5-c5ccccc5)cc4)c4ccccc24)c2ccccc12)C3(C)C. The van der Waals surface area contributed by atoms with Crippen molar-refractivity contribution in [2.75, 3.05) is 0 Å². The van der Waals surface area contributed by atoms with Crippen LogP contribution < -0.4 is 0 Å². The van der Waals surface area contributed by atoms with Gasteiger partial charge in [-0.1, -0.05) is 179 Å². The first-order valence-corrected chi connectivity index (χ1v) is 22.2. The van der Waals surface area contributed by atoms with E-state index >= 15 is 0 Å². The molecule has 298 valence electrons. The number of aromatic nitrogens is 2. The second kappa shape index (κ2) is 13.0. The molecular weight excluding hydrogens is 761 g/mol. The Kier molecular flexibility index (Phi) is 7.45. The van der Waals surface area contributed by atoms with E-state index in [9.17, 15) is 0 Å². The number of benzene rings is 10. The average molecular weight is 805 g/mol. The maximum atomic E-state index is 5.17. The molecule has 13 rings (SSSR count). The number of fused-ring (bicyclic) bond motifs is 11. The molecule has 2 heteroatoms. The van der Waals surface area contributed by atoms with Crippen molar-refractivity contribution in [2.45, 2.75) is 38.5 Å². The van der Waals surface area contributed by atoms with Crippen LogP contribution in [0.25, 0.3) is 105 Å². The van der Waals surface area contributed by atoms with Crippen molar-refractivity contribution in [3.8, 4) is 61.6 Å². The molecule has 0 atom stereocenters. The minimum absolute atomic E-state index is 0.0669. The third kappa shape index (κ3) is 4.98. The normalized spacial score (nSPS) is 14.3. The van der Waals surface area contributed by atoms with E-state index in [1.807, 2.05) is 0 Å². The van der Waals surface area contributed by atoms with Crippen LogP contribution in [0.2, 0.25) is 0 Å². The number of nitrogens with zero attached hydrogens (tertiary/aromatic N) is 2. The molecule has 0 N–H and O–H groups in total. The predicted molar refractivity (Wildman–Crippen MR) is 265 cm³/mol. The van der Waals surface area contributed by atoms with Crippen LogP contribution in [0.5, 0.6) is 0 Å². The molecule has 0 bridgehead atoms. The molecule has 0 saturated heterocycles. The number of hydrogen-bond acceptors (Lipinski definition) is 1. The van der Waals surface area contributed by atoms with Crippen molar-refractivity contribution in [3.05, 3.63) is 216 Å². The monoisotopic (exact) mass is 804 g/mol. The average Bonchev–Trinajstić information content (AvgIpc) is 3.90. The molecule has 0 spiro atoms. The zero-order valence-corrected chi connectivity index (χ0v) is 35.9. The molecule has 0 saturated carbocycles. The molecule has 2 nitrogen and oxygen atoms in total. The molecule has 0 unspecified atom stereocenters. The van der Waals surface area contributed by atoms with Crippen LogP contribution in [-0.4, -0.2) is 9.55 Å². The maximum Gasteiger partial charge on any atom is 0.145 e. The van der Waals surface area contributed by atoms with E-state index in [1.165, 1.54) is 99.1 Å². The minimum atomic E-state index is -0.200. The number of hydrogen-bond donors (Lipinski definition) is 0. The van der Waals surface area contributed by atoms with E-state index in [0.29, 0.717) is 0 Å². The minimum Gasteiger partial charge on any atom is -0.292 e. The molecule has 0 fully saturated rings. The largest absolute Gasteiger partial charge is 0.292 e. The highest BCUT2D eigenvalue weighted by molar-refractivity contribution is 6.24. The zero-order valence-electron chi connectivity index (χ0n) is 35.9. The highest BCUT2D eigenvalue weighted by Crippen LogP contribution is 2.59. The van der Waals surface area contributed by atoms with Gasteiger partial charge in [-0.2, -0.15) is 0 Å². The second-order valence-electron chi connectivity index (χ2n) is 18.6. The Bertz CT molecular complexity index is 3660. The van der Waals surface area contributed by atoms with Gasteiger partial charge in [-0.3, -0.25) is 4.57 Å². The van der Waals surface area contributed by atoms with Gasteiger partial charge in [0.25, 0.3) is 0 Å². The Morgan fingerprint density at radius 2 is 0.841 bits per heavy atom. The Morgan fingerprint density at radius 1 is 0.349 bits per heavy atom. The van der Waals surface area contributed by atoms with Crippen molar-refractivity contribution >= 4 is 43.4 Å². The highest BCUT2D eigenvalue weighted by atomic mass is 15.1. The molecular formula is C61H44N2. The number of imidazole rings is 1. The van der Waals surface area contributed by atoms with E-state index in [0.717, 1.165) is 28.1 Å². The van der Waals surface area contributed by atoms with Gasteiger partial charge < -0.3 is 0 Å². The van der Waals surface area contributed by atoms with Crippen LogP contribution in [0.3, 0.4) is 0 Å². The third-order valence-electron chi connectivity index (χ3n) is 14.6. The predicted octanol–water partition coefficient (Wildman–Crippen LogP) is 16.1. The smallest absolute Gasteiger partial charge is 0.145 e. The summed E-state index contributed by atoms with van der Waals surface area (Å²) in [5.74, 6) is 0.936. The zero-order chi connectivity index (χ0) is 42.2. The van der Waals surface area contributed by atoms with Gasteiger partial charge in [-0.25, -0.2) is 4.98 Å². The number of para-hydroxylation sites is 3. The van der Waals surface area contributed by atoms with Crippen LogP contribution >= 0.6 is 0 Å². The van der Waals surface area contributed by atoms with E-state index in [-0.39, 0.29) is 10.8 Å². The Hall–Kier alpha value is -7.55. The van der Waals surface area contributed by atoms with Gasteiger partial charge in [0.05, 0.1) is 11.0 Å². The van der Waals surface area contributed by atoms with Crippen molar-refractivity contribution in [2.24, 2.45) is 0 Å². The summed E-state index contributed by atoms with van der Waals surface area (Å²) in [4.78, 5) is 5.17. The molecule has 0 aliphatic heterocycles. The number of rotatable bonds is 4. The summed E-state index contributed by atoms with van der Waals surface area (Å²) in [6, 6.07) is 72.0. The third-order valence-corrected chi connectivity index (χ3v) is 14.6. The van der Waals surface area contributed by atoms with E-state index in [2.05, 4.69) is 226 Å². The second-order valence-corrected chi connectivity index (χ2v) is 18.6. The summed E-state index contributed by atoms with van der Waals surface area (Å²) in [6.45, 7) is 9.66. The van der Waals surface area contributed by atoms with Crippen LogP contribution in [0.1, 0.15) is 49.9 Å². The Labute approximate surface area is 367 Å². The topological polar surface area (TPSA) is 17.8 Å². The molecule has 1 heterocycles. The van der Waals surface area contributed by atoms with Gasteiger partial charge in [0.1, 0.15) is 5.82 Å². The lowest BCUT2D eigenvalue weighted by atomic mass is 9.78. The molecule has 1 aromatic heterocycles. The van der Waals surface area contributed by atoms with E-state index in [1.54, 1.807) is 0 Å². The van der Waals surface area contributed by atoms with E-state index in [4.69, 9.17) is 4.98 Å². The van der Waals surface area contributed by atoms with Crippen molar-refractivity contribution in [1.82, 2.24) is 9.55 Å². The van der Waals surface area contributed by atoms with Crippen LogP contribution in [0, 0.1) is 0 Å². The van der Waals surface area contributed by atoms with Gasteiger partial charge in [-0.15, -0.1) is 0 Å². The molecule has 0 amide bonds. The van der Waals surface area contributed by atoms with Gasteiger partial charge in [0.2, 0.25) is 0 Å². The van der Waals surface area contributed by atoms with Gasteiger partial charge >= 0.3 is 0 Å². The van der Waals surface area contributed by atoms with Crippen LogP contribution in [0.15, 0.2) is 194 Å². The summed E-state index contributed by atoms with van der Waals surface area (Å²) in [6.07, 6.45) is 0. The fraction of sp³-hybridized carbons (Fsp3) is 0.0984. The Balaban J connectivity index is 1.01. The van der Waals surface area contributed by atoms with Gasteiger partial charge in [0, 0.05) is 22.1 Å². The van der Waals surface area contributed by atoms with Gasteiger partial charge in [-0.05, 0) is 142 Å². The summed E-state index contributed by atoms with van der Waals surface area (Å²) in [7, 11) is 0. The molecule has 0 radical (unpaired) electrons. The molecule has 2 aliphatic rings. The fourth-order valence-corrected chi connectivity index (χ4v) is 11.6. The molecule has 11 aromatic rings.